The summed E-state index contributed by atoms with van der Waals surface area (Å²) in [5, 5.41) is 0. The number of nitrogens with two attached hydrogens (primary N) is 1. The van der Waals surface area contributed by atoms with Gasteiger partial charge < -0.3 is 0 Å². The van der Waals surface area contributed by atoms with Crippen molar-refractivity contribution in [1.29, 1.82) is 0 Å². The zero-order chi connectivity index (χ0) is 8.97. The van der Waals surface area contributed by atoms with Crippen LogP contribution in [0.4, 0.5) is 0 Å². The summed E-state index contributed by atoms with van der Waals surface area (Å²) in [6, 6.07) is 7.09. The van der Waals surface area contributed by atoms with Crippen molar-refractivity contribution in [3.8, 4) is 0 Å². The Labute approximate surface area is 72.3 Å². The molecule has 0 aromatic heterocycles. The summed E-state index contributed by atoms with van der Waals surface area (Å²) in [5.74, 6) is 4.72. The molecule has 0 saturated carbocycles. The Morgan fingerprint density at radius 3 is 2.50 bits per heavy atom. The standard InChI is InChI=1S/C8H9BN2O/c9-7-3-1-6(2-4-7)5-8(12)11-10/h1-4H,5,10H2,(H,11,12). The number of hydrogen-bond donors (Lipinski definition) is 2. The molecule has 0 unspecified atom stereocenters. The van der Waals surface area contributed by atoms with Gasteiger partial charge in [0.2, 0.25) is 5.91 Å². The highest BCUT2D eigenvalue weighted by Gasteiger charge is 1.99. The van der Waals surface area contributed by atoms with Crippen LogP contribution in [0, 0.1) is 0 Å². The summed E-state index contributed by atoms with van der Waals surface area (Å²) >= 11 is 0. The number of hydrogen-bond acceptors (Lipinski definition) is 2. The molecular weight excluding hydrogens is 151 g/mol. The first-order chi connectivity index (χ1) is 5.72. The third kappa shape index (κ3) is 2.40. The number of carbonyl (C=O) groups is 1. The van der Waals surface area contributed by atoms with E-state index in [2.05, 4.69) is 5.43 Å². The molecule has 3 nitrogen and oxygen atoms in total. The zero-order valence-corrected chi connectivity index (χ0v) is 6.58. The normalized spacial score (nSPS) is 9.42. The average molecular weight is 160 g/mol. The summed E-state index contributed by atoms with van der Waals surface area (Å²) in [4.78, 5) is 10.8. The van der Waals surface area contributed by atoms with Gasteiger partial charge in [-0.05, 0) is 5.56 Å². The SMILES string of the molecule is [B]c1ccc(CC(=O)NN)cc1. The highest BCUT2D eigenvalue weighted by molar-refractivity contribution is 6.32. The Bertz CT molecular complexity index is 271. The van der Waals surface area contributed by atoms with Crippen molar-refractivity contribution >= 4 is 19.2 Å². The van der Waals surface area contributed by atoms with Crippen molar-refractivity contribution < 1.29 is 4.79 Å². The van der Waals surface area contributed by atoms with E-state index < -0.39 is 0 Å². The maximum Gasteiger partial charge on any atom is 0.238 e. The number of nitrogens with one attached hydrogen (secondary N) is 1. The van der Waals surface area contributed by atoms with Gasteiger partial charge in [-0.15, -0.1) is 0 Å². The third-order valence-electron chi connectivity index (χ3n) is 1.51. The zero-order valence-electron chi connectivity index (χ0n) is 6.58. The fraction of sp³-hybridized carbons (Fsp3) is 0.125. The predicted octanol–water partition coefficient (Wildman–Crippen LogP) is -0.987. The molecule has 0 aliphatic heterocycles. The molecule has 1 rings (SSSR count). The maximum atomic E-state index is 10.8. The average Bonchev–Trinajstić information content (AvgIpc) is 2.09. The molecule has 0 aliphatic carbocycles. The first kappa shape index (κ1) is 8.81. The van der Waals surface area contributed by atoms with E-state index in [4.69, 9.17) is 13.7 Å². The molecule has 12 heavy (non-hydrogen) atoms. The Hall–Kier alpha value is -1.29. The molecule has 2 radical (unpaired) electrons. The van der Waals surface area contributed by atoms with Crippen LogP contribution in [0.3, 0.4) is 0 Å². The molecule has 0 spiro atoms. The summed E-state index contributed by atoms with van der Waals surface area (Å²) in [5.41, 5.74) is 3.64. The van der Waals surface area contributed by atoms with Crippen molar-refractivity contribution in [3.05, 3.63) is 29.8 Å². The molecule has 0 atom stereocenters. The van der Waals surface area contributed by atoms with Crippen LogP contribution in [0.5, 0.6) is 0 Å². The first-order valence-electron chi connectivity index (χ1n) is 3.56. The molecular formula is C8H9BN2O. The van der Waals surface area contributed by atoms with Gasteiger partial charge in [0, 0.05) is 0 Å². The molecule has 1 aromatic rings. The number of amides is 1. The number of benzene rings is 1. The monoisotopic (exact) mass is 160 g/mol. The van der Waals surface area contributed by atoms with Crippen LogP contribution < -0.4 is 16.7 Å². The van der Waals surface area contributed by atoms with Crippen LogP contribution in [0.25, 0.3) is 0 Å². The fourth-order valence-electron chi connectivity index (χ4n) is 0.872. The molecule has 4 heteroatoms. The Balaban J connectivity index is 2.64. The number of hydrazine groups is 1. The van der Waals surface area contributed by atoms with E-state index in [1.54, 1.807) is 24.3 Å². The smallest absolute Gasteiger partial charge is 0.238 e. The van der Waals surface area contributed by atoms with Gasteiger partial charge in [-0.1, -0.05) is 29.7 Å². The first-order valence-corrected chi connectivity index (χ1v) is 3.56. The van der Waals surface area contributed by atoms with Crippen molar-refractivity contribution in [1.82, 2.24) is 5.43 Å². The molecule has 1 aromatic carbocycles. The van der Waals surface area contributed by atoms with Gasteiger partial charge in [-0.3, -0.25) is 10.2 Å². The van der Waals surface area contributed by atoms with Gasteiger partial charge >= 0.3 is 0 Å². The van der Waals surface area contributed by atoms with Crippen LogP contribution in [-0.2, 0) is 11.2 Å². The molecule has 0 fully saturated rings. The van der Waals surface area contributed by atoms with Gasteiger partial charge in [0.1, 0.15) is 7.85 Å². The molecule has 0 aliphatic rings. The topological polar surface area (TPSA) is 55.1 Å². The van der Waals surface area contributed by atoms with E-state index in [1.807, 2.05) is 0 Å². The lowest BCUT2D eigenvalue weighted by atomic mass is 9.95. The molecule has 3 N–H and O–H groups in total. The van der Waals surface area contributed by atoms with Crippen molar-refractivity contribution in [2.75, 3.05) is 0 Å². The lowest BCUT2D eigenvalue weighted by Gasteiger charge is -2.00. The van der Waals surface area contributed by atoms with Crippen LogP contribution >= 0.6 is 0 Å². The van der Waals surface area contributed by atoms with Crippen LogP contribution in [-0.4, -0.2) is 13.8 Å². The van der Waals surface area contributed by atoms with E-state index in [1.165, 1.54) is 0 Å². The van der Waals surface area contributed by atoms with Crippen LogP contribution in [0.15, 0.2) is 24.3 Å². The van der Waals surface area contributed by atoms with E-state index in [-0.39, 0.29) is 12.3 Å². The van der Waals surface area contributed by atoms with Gasteiger partial charge in [-0.2, -0.15) is 0 Å². The van der Waals surface area contributed by atoms with Gasteiger partial charge in [-0.25, -0.2) is 5.84 Å². The molecule has 0 heterocycles. The summed E-state index contributed by atoms with van der Waals surface area (Å²) in [7, 11) is 5.46. The van der Waals surface area contributed by atoms with Gasteiger partial charge in [0.05, 0.1) is 6.42 Å². The van der Waals surface area contributed by atoms with E-state index >= 15 is 0 Å². The number of carbonyl (C=O) groups excluding carboxylic acids is 1. The van der Waals surface area contributed by atoms with E-state index in [0.29, 0.717) is 5.46 Å². The van der Waals surface area contributed by atoms with E-state index in [9.17, 15) is 4.79 Å². The van der Waals surface area contributed by atoms with Crippen molar-refractivity contribution in [2.45, 2.75) is 6.42 Å². The lowest BCUT2D eigenvalue weighted by molar-refractivity contribution is -0.120. The highest BCUT2D eigenvalue weighted by atomic mass is 16.2. The lowest BCUT2D eigenvalue weighted by Crippen LogP contribution is -2.31. The molecule has 60 valence electrons. The minimum absolute atomic E-state index is 0.209. The van der Waals surface area contributed by atoms with Crippen molar-refractivity contribution in [2.24, 2.45) is 5.84 Å². The Morgan fingerprint density at radius 1 is 1.42 bits per heavy atom. The van der Waals surface area contributed by atoms with E-state index in [0.717, 1.165) is 5.56 Å². The largest absolute Gasteiger partial charge is 0.294 e. The van der Waals surface area contributed by atoms with Gasteiger partial charge in [0.25, 0.3) is 0 Å². The second-order valence-electron chi connectivity index (χ2n) is 2.49. The third-order valence-corrected chi connectivity index (χ3v) is 1.51. The summed E-state index contributed by atoms with van der Waals surface area (Å²) in [6.45, 7) is 0. The quantitative estimate of drug-likeness (QED) is 0.252. The summed E-state index contributed by atoms with van der Waals surface area (Å²) in [6.07, 6.45) is 0.288. The van der Waals surface area contributed by atoms with Gasteiger partial charge in [0.15, 0.2) is 0 Å². The number of rotatable bonds is 2. The summed E-state index contributed by atoms with van der Waals surface area (Å²) < 4.78 is 0. The molecule has 0 saturated heterocycles. The van der Waals surface area contributed by atoms with Crippen LogP contribution in [0.2, 0.25) is 0 Å². The molecule has 1 amide bonds. The van der Waals surface area contributed by atoms with Crippen LogP contribution in [0.1, 0.15) is 5.56 Å². The van der Waals surface area contributed by atoms with Crippen molar-refractivity contribution in [3.63, 3.8) is 0 Å². The molecule has 0 bridgehead atoms. The minimum Gasteiger partial charge on any atom is -0.294 e. The maximum absolute atomic E-state index is 10.8. The highest BCUT2D eigenvalue weighted by Crippen LogP contribution is 1.96. The Morgan fingerprint density at radius 2 is 2.00 bits per heavy atom. The predicted molar refractivity (Wildman–Crippen MR) is 47.9 cm³/mol. The Kier molecular flexibility index (Phi) is 2.88. The second-order valence-corrected chi connectivity index (χ2v) is 2.49. The minimum atomic E-state index is -0.209. The second kappa shape index (κ2) is 3.92. The fourth-order valence-corrected chi connectivity index (χ4v) is 0.872.